The highest BCUT2D eigenvalue weighted by atomic mass is 32.2. The van der Waals surface area contributed by atoms with Crippen LogP contribution in [0.2, 0.25) is 0 Å². The number of hydrogen-bond donors (Lipinski definition) is 3. The lowest BCUT2D eigenvalue weighted by molar-refractivity contribution is -0.122. The standard InChI is InChI=1S/C52H99NO5S/c1-3-5-7-9-11-13-15-17-19-21-23-25-26-28-30-32-34-36-38-40-42-44-46-48-52(55)53-50(49-59(56,57)58)51(54)47-45-43-41-39-37-35-33-31-29-27-24-22-20-18-16-14-12-10-8-6-4-2/h15,17,21,23,45,47,50-51,54H,3-14,16,18-20,22,24-44,46,48-49H2,1-2H3,(H,53,55)(H,56,57,58)/b17-15-,23-21-,47-45+. The Kier molecular flexibility index (Phi) is 44.9. The second-order valence-corrected chi connectivity index (χ2v) is 19.3. The van der Waals surface area contributed by atoms with Crippen LogP contribution in [0.5, 0.6) is 0 Å². The maximum absolute atomic E-state index is 12.6. The van der Waals surface area contributed by atoms with Gasteiger partial charge in [0.2, 0.25) is 5.91 Å². The SMILES string of the molecule is CCCCCCC/C=C\C/C=C\CCCCCCCCCCCCCC(=O)NC(CS(=O)(=O)O)C(O)/C=C/CCCCCCCCCCCCCCCCCCCCC. The van der Waals surface area contributed by atoms with Crippen molar-refractivity contribution in [1.29, 1.82) is 0 Å². The molecule has 0 heterocycles. The Morgan fingerprint density at radius 3 is 1.10 bits per heavy atom. The first-order chi connectivity index (χ1) is 28.8. The molecule has 2 atom stereocenters. The minimum absolute atomic E-state index is 0.277. The van der Waals surface area contributed by atoms with E-state index in [2.05, 4.69) is 43.5 Å². The number of carbonyl (C=O) groups excluding carboxylic acids is 1. The quantitative estimate of drug-likeness (QED) is 0.0321. The molecule has 0 radical (unpaired) electrons. The van der Waals surface area contributed by atoms with Crippen molar-refractivity contribution in [3.8, 4) is 0 Å². The van der Waals surface area contributed by atoms with E-state index in [1.807, 2.05) is 6.08 Å². The number of rotatable bonds is 47. The molecule has 0 aliphatic carbocycles. The van der Waals surface area contributed by atoms with Gasteiger partial charge in [0.15, 0.2) is 0 Å². The van der Waals surface area contributed by atoms with Crippen LogP contribution in [-0.4, -0.2) is 41.9 Å². The van der Waals surface area contributed by atoms with Crippen LogP contribution in [0.1, 0.15) is 271 Å². The summed E-state index contributed by atoms with van der Waals surface area (Å²) < 4.78 is 32.7. The van der Waals surface area contributed by atoms with Crippen molar-refractivity contribution >= 4 is 16.0 Å². The highest BCUT2D eigenvalue weighted by molar-refractivity contribution is 7.85. The van der Waals surface area contributed by atoms with Crippen molar-refractivity contribution < 1.29 is 22.9 Å². The largest absolute Gasteiger partial charge is 0.387 e. The molecule has 0 saturated heterocycles. The normalized spacial score (nSPS) is 13.4. The summed E-state index contributed by atoms with van der Waals surface area (Å²) in [5.41, 5.74) is 0. The summed E-state index contributed by atoms with van der Waals surface area (Å²) in [4.78, 5) is 12.6. The topological polar surface area (TPSA) is 104 Å². The third-order valence-electron chi connectivity index (χ3n) is 11.8. The third kappa shape index (κ3) is 47.5. The van der Waals surface area contributed by atoms with Gasteiger partial charge in [0, 0.05) is 6.42 Å². The molecule has 0 aliphatic rings. The van der Waals surface area contributed by atoms with E-state index < -0.39 is 28.0 Å². The van der Waals surface area contributed by atoms with E-state index >= 15 is 0 Å². The Balaban J connectivity index is 3.79. The minimum Gasteiger partial charge on any atom is -0.387 e. The lowest BCUT2D eigenvalue weighted by Gasteiger charge is -2.21. The van der Waals surface area contributed by atoms with Crippen molar-refractivity contribution in [2.45, 2.75) is 283 Å². The van der Waals surface area contributed by atoms with Crippen molar-refractivity contribution in [3.05, 3.63) is 36.5 Å². The highest BCUT2D eigenvalue weighted by Gasteiger charge is 2.24. The van der Waals surface area contributed by atoms with Gasteiger partial charge in [-0.15, -0.1) is 0 Å². The average Bonchev–Trinajstić information content (AvgIpc) is 3.20. The molecule has 0 aromatic heterocycles. The fraction of sp³-hybridized carbons (Fsp3) is 0.865. The molecule has 0 aliphatic heterocycles. The fourth-order valence-electron chi connectivity index (χ4n) is 7.95. The van der Waals surface area contributed by atoms with Crippen molar-refractivity contribution in [1.82, 2.24) is 5.32 Å². The van der Waals surface area contributed by atoms with Gasteiger partial charge in [-0.05, 0) is 51.4 Å². The van der Waals surface area contributed by atoms with E-state index in [1.165, 1.54) is 205 Å². The summed E-state index contributed by atoms with van der Waals surface area (Å²) in [5.74, 6) is -0.974. The zero-order valence-corrected chi connectivity index (χ0v) is 40.0. The maximum Gasteiger partial charge on any atom is 0.267 e. The summed E-state index contributed by atoms with van der Waals surface area (Å²) in [7, 11) is -4.35. The molecule has 7 heteroatoms. The van der Waals surface area contributed by atoms with Gasteiger partial charge >= 0.3 is 0 Å². The summed E-state index contributed by atoms with van der Waals surface area (Å²) in [5, 5.41) is 13.3. The van der Waals surface area contributed by atoms with Crippen LogP contribution in [0, 0.1) is 0 Å². The van der Waals surface area contributed by atoms with Crippen molar-refractivity contribution in [2.24, 2.45) is 0 Å². The Bertz CT molecular complexity index is 1070. The minimum atomic E-state index is -4.35. The Morgan fingerprint density at radius 1 is 0.458 bits per heavy atom. The van der Waals surface area contributed by atoms with Crippen LogP contribution < -0.4 is 5.32 Å². The molecule has 59 heavy (non-hydrogen) atoms. The highest BCUT2D eigenvalue weighted by Crippen LogP contribution is 2.16. The summed E-state index contributed by atoms with van der Waals surface area (Å²) in [6, 6.07) is -1.06. The predicted molar refractivity (Wildman–Crippen MR) is 258 cm³/mol. The number of hydrogen-bond acceptors (Lipinski definition) is 4. The number of amides is 1. The molecule has 6 nitrogen and oxygen atoms in total. The van der Waals surface area contributed by atoms with Gasteiger partial charge < -0.3 is 10.4 Å². The molecule has 0 bridgehead atoms. The molecule has 1 amide bonds. The van der Waals surface area contributed by atoms with Gasteiger partial charge in [-0.1, -0.05) is 249 Å². The first-order valence-electron chi connectivity index (χ1n) is 25.7. The van der Waals surface area contributed by atoms with E-state index in [0.29, 0.717) is 6.42 Å². The number of nitrogens with one attached hydrogen (secondary N) is 1. The Labute approximate surface area is 367 Å². The smallest absolute Gasteiger partial charge is 0.267 e. The van der Waals surface area contributed by atoms with Crippen LogP contribution in [0.4, 0.5) is 0 Å². The molecule has 0 saturated carbocycles. The molecule has 0 aromatic rings. The van der Waals surface area contributed by atoms with E-state index in [9.17, 15) is 22.9 Å². The molecule has 0 spiro atoms. The van der Waals surface area contributed by atoms with Gasteiger partial charge in [0.25, 0.3) is 10.1 Å². The Hall–Kier alpha value is -1.44. The number of aliphatic hydroxyl groups is 1. The molecule has 348 valence electrons. The summed E-state index contributed by atoms with van der Waals surface area (Å²) in [6.45, 7) is 4.54. The van der Waals surface area contributed by atoms with Gasteiger partial charge in [-0.25, -0.2) is 0 Å². The zero-order valence-electron chi connectivity index (χ0n) is 39.1. The first-order valence-corrected chi connectivity index (χ1v) is 27.3. The molecular formula is C52H99NO5S. The van der Waals surface area contributed by atoms with E-state index in [1.54, 1.807) is 6.08 Å². The Morgan fingerprint density at radius 2 is 0.763 bits per heavy atom. The van der Waals surface area contributed by atoms with Crippen molar-refractivity contribution in [2.75, 3.05) is 5.75 Å². The van der Waals surface area contributed by atoms with Crippen LogP contribution in [0.15, 0.2) is 36.5 Å². The monoisotopic (exact) mass is 850 g/mol. The van der Waals surface area contributed by atoms with Crippen LogP contribution in [-0.2, 0) is 14.9 Å². The number of allylic oxidation sites excluding steroid dienone is 5. The van der Waals surface area contributed by atoms with E-state index in [0.717, 1.165) is 44.9 Å². The summed E-state index contributed by atoms with van der Waals surface area (Å²) in [6.07, 6.45) is 61.5. The number of carbonyl (C=O) groups is 1. The second kappa shape index (κ2) is 46.1. The fourth-order valence-corrected chi connectivity index (χ4v) is 8.69. The van der Waals surface area contributed by atoms with Crippen LogP contribution in [0.3, 0.4) is 0 Å². The molecule has 0 aromatic carbocycles. The number of unbranched alkanes of at least 4 members (excludes halogenated alkanes) is 35. The molecular weight excluding hydrogens is 751 g/mol. The lowest BCUT2D eigenvalue weighted by Crippen LogP contribution is -2.46. The molecule has 0 fully saturated rings. The second-order valence-electron chi connectivity index (χ2n) is 17.8. The summed E-state index contributed by atoms with van der Waals surface area (Å²) >= 11 is 0. The predicted octanol–water partition coefficient (Wildman–Crippen LogP) is 16.0. The third-order valence-corrected chi connectivity index (χ3v) is 12.6. The zero-order chi connectivity index (χ0) is 43.2. The van der Waals surface area contributed by atoms with Crippen LogP contribution in [0.25, 0.3) is 0 Å². The average molecular weight is 850 g/mol. The first kappa shape index (κ1) is 57.6. The van der Waals surface area contributed by atoms with Crippen LogP contribution >= 0.6 is 0 Å². The van der Waals surface area contributed by atoms with E-state index in [4.69, 9.17) is 0 Å². The lowest BCUT2D eigenvalue weighted by atomic mass is 10.0. The molecule has 0 rings (SSSR count). The van der Waals surface area contributed by atoms with Gasteiger partial charge in [0.05, 0.1) is 17.9 Å². The van der Waals surface area contributed by atoms with E-state index in [-0.39, 0.29) is 5.91 Å². The maximum atomic E-state index is 12.6. The van der Waals surface area contributed by atoms with Gasteiger partial charge in [-0.3, -0.25) is 9.35 Å². The molecule has 2 unspecified atom stereocenters. The van der Waals surface area contributed by atoms with Gasteiger partial charge in [-0.2, -0.15) is 8.42 Å². The van der Waals surface area contributed by atoms with Crippen molar-refractivity contribution in [3.63, 3.8) is 0 Å². The number of aliphatic hydroxyl groups excluding tert-OH is 1. The molecule has 3 N–H and O–H groups in total. The van der Waals surface area contributed by atoms with Gasteiger partial charge in [0.1, 0.15) is 0 Å².